The van der Waals surface area contributed by atoms with Gasteiger partial charge in [0.05, 0.1) is 33.1 Å². The fourth-order valence-electron chi connectivity index (χ4n) is 10.2. The van der Waals surface area contributed by atoms with Gasteiger partial charge in [0.2, 0.25) is 0 Å². The molecule has 0 aliphatic heterocycles. The Bertz CT molecular complexity index is 3880. The van der Waals surface area contributed by atoms with Gasteiger partial charge in [0.25, 0.3) is 0 Å². The summed E-state index contributed by atoms with van der Waals surface area (Å²) in [4.78, 5) is 2.37. The van der Waals surface area contributed by atoms with Crippen LogP contribution in [0.5, 0.6) is 0 Å². The molecule has 0 saturated carbocycles. The van der Waals surface area contributed by atoms with E-state index in [1.165, 1.54) is 82.2 Å². The van der Waals surface area contributed by atoms with Crippen molar-refractivity contribution in [3.8, 4) is 28.2 Å². The molecular weight excluding hydrogens is 904 g/mol. The van der Waals surface area contributed by atoms with E-state index < -0.39 is 0 Å². The molecular formula is C60H41IN4. The molecule has 4 nitrogen and oxygen atoms in total. The number of aromatic nitrogens is 3. The highest BCUT2D eigenvalue weighted by Crippen LogP contribution is 2.42. The Hall–Kier alpha value is -7.87. The number of para-hydroxylation sites is 6. The molecule has 0 fully saturated rings. The van der Waals surface area contributed by atoms with Crippen LogP contribution in [-0.2, 0) is 0 Å². The second-order valence-corrected chi connectivity index (χ2v) is 16.6. The number of halogens is 1. The molecule has 3 heterocycles. The molecule has 5 heteroatoms. The molecule has 65 heavy (non-hydrogen) atoms. The molecule has 0 radical (unpaired) electrons. The van der Waals surface area contributed by atoms with Crippen LogP contribution in [0.2, 0.25) is 0 Å². The summed E-state index contributed by atoms with van der Waals surface area (Å²) in [6.07, 6.45) is 0. The van der Waals surface area contributed by atoms with Gasteiger partial charge in [-0.1, -0.05) is 121 Å². The van der Waals surface area contributed by atoms with E-state index >= 15 is 0 Å². The lowest BCUT2D eigenvalue weighted by atomic mass is 10.0. The molecule has 13 rings (SSSR count). The Morgan fingerprint density at radius 1 is 0.231 bits per heavy atom. The standard InChI is InChI=1S/C60H40N4.HI/c1-4-16-43(17-5-1)61(48-34-37-60-54(40-48)51-24-12-15-27-57(51)63(60)45-20-8-3-9-21-45)46-30-32-47(33-31-46)64-56-26-14-11-23-50(56)53-39-42(29-36-59(53)64)41-28-35-58-52(38-41)49-22-10-13-25-55(49)62(58)44-18-6-2-7-19-44;/h1-40H;1H. The third-order valence-corrected chi connectivity index (χ3v) is 13.0. The lowest BCUT2D eigenvalue weighted by molar-refractivity contribution is 1.17. The first kappa shape index (κ1) is 38.8. The maximum atomic E-state index is 2.41. The van der Waals surface area contributed by atoms with Crippen molar-refractivity contribution < 1.29 is 0 Å². The number of hydrogen-bond donors (Lipinski definition) is 0. The Morgan fingerprint density at radius 2 is 0.554 bits per heavy atom. The van der Waals surface area contributed by atoms with Crippen molar-refractivity contribution >= 4 is 106 Å². The molecule has 0 spiro atoms. The van der Waals surface area contributed by atoms with Crippen LogP contribution in [0.3, 0.4) is 0 Å². The molecule has 3 aromatic heterocycles. The fourth-order valence-corrected chi connectivity index (χ4v) is 10.2. The first-order valence-corrected chi connectivity index (χ1v) is 21.9. The number of rotatable bonds is 7. The monoisotopic (exact) mass is 944 g/mol. The van der Waals surface area contributed by atoms with Gasteiger partial charge in [0.15, 0.2) is 0 Å². The Labute approximate surface area is 393 Å². The number of anilines is 3. The fraction of sp³-hybridized carbons (Fsp3) is 0. The third-order valence-electron chi connectivity index (χ3n) is 13.0. The van der Waals surface area contributed by atoms with Crippen molar-refractivity contribution in [3.05, 3.63) is 243 Å². The van der Waals surface area contributed by atoms with E-state index in [0.29, 0.717) is 0 Å². The first-order valence-electron chi connectivity index (χ1n) is 21.9. The zero-order chi connectivity index (χ0) is 42.1. The Kier molecular flexibility index (Phi) is 9.39. The minimum absolute atomic E-state index is 0. The normalized spacial score (nSPS) is 11.6. The van der Waals surface area contributed by atoms with Crippen LogP contribution in [0.1, 0.15) is 0 Å². The summed E-state index contributed by atoms with van der Waals surface area (Å²) in [5, 5.41) is 7.43. The molecule has 0 bridgehead atoms. The maximum Gasteiger partial charge on any atom is 0.0542 e. The van der Waals surface area contributed by atoms with Gasteiger partial charge >= 0.3 is 0 Å². The van der Waals surface area contributed by atoms with Crippen molar-refractivity contribution in [2.24, 2.45) is 0 Å². The van der Waals surface area contributed by atoms with Crippen LogP contribution >= 0.6 is 24.0 Å². The van der Waals surface area contributed by atoms with Gasteiger partial charge in [-0.15, -0.1) is 24.0 Å². The van der Waals surface area contributed by atoms with Gasteiger partial charge in [-0.25, -0.2) is 0 Å². The lowest BCUT2D eigenvalue weighted by Crippen LogP contribution is -2.10. The molecule has 10 aromatic carbocycles. The van der Waals surface area contributed by atoms with E-state index in [1.807, 2.05) is 0 Å². The van der Waals surface area contributed by atoms with E-state index in [4.69, 9.17) is 0 Å². The zero-order valence-corrected chi connectivity index (χ0v) is 37.6. The van der Waals surface area contributed by atoms with E-state index in [2.05, 4.69) is 261 Å². The molecule has 0 N–H and O–H groups in total. The molecule has 0 amide bonds. The summed E-state index contributed by atoms with van der Waals surface area (Å²) in [7, 11) is 0. The molecule has 0 atom stereocenters. The van der Waals surface area contributed by atoms with Crippen molar-refractivity contribution in [2.45, 2.75) is 0 Å². The van der Waals surface area contributed by atoms with Crippen LogP contribution in [0.25, 0.3) is 93.6 Å². The molecule has 0 unspecified atom stereocenters. The van der Waals surface area contributed by atoms with Crippen molar-refractivity contribution in [1.82, 2.24) is 13.7 Å². The van der Waals surface area contributed by atoms with Crippen LogP contribution in [0, 0.1) is 0 Å². The van der Waals surface area contributed by atoms with Crippen molar-refractivity contribution in [3.63, 3.8) is 0 Å². The first-order chi connectivity index (χ1) is 31.8. The predicted octanol–water partition coefficient (Wildman–Crippen LogP) is 16.7. The van der Waals surface area contributed by atoms with Gasteiger partial charge in [-0.05, 0) is 132 Å². The highest BCUT2D eigenvalue weighted by molar-refractivity contribution is 14.0. The third kappa shape index (κ3) is 6.26. The summed E-state index contributed by atoms with van der Waals surface area (Å²) in [6.45, 7) is 0. The minimum Gasteiger partial charge on any atom is -0.310 e. The second-order valence-electron chi connectivity index (χ2n) is 16.6. The molecule has 13 aromatic rings. The highest BCUT2D eigenvalue weighted by atomic mass is 127. The van der Waals surface area contributed by atoms with Crippen LogP contribution in [0.4, 0.5) is 17.1 Å². The van der Waals surface area contributed by atoms with E-state index in [-0.39, 0.29) is 24.0 Å². The average Bonchev–Trinajstić information content (AvgIpc) is 4.00. The van der Waals surface area contributed by atoms with E-state index in [1.54, 1.807) is 0 Å². The quantitative estimate of drug-likeness (QED) is 0.146. The number of benzene rings is 10. The minimum atomic E-state index is 0. The Balaban J connectivity index is 0.00000444. The van der Waals surface area contributed by atoms with Gasteiger partial charge < -0.3 is 18.6 Å². The van der Waals surface area contributed by atoms with Crippen LogP contribution in [-0.4, -0.2) is 13.7 Å². The Morgan fingerprint density at radius 3 is 1.02 bits per heavy atom. The summed E-state index contributed by atoms with van der Waals surface area (Å²) in [5.74, 6) is 0. The van der Waals surface area contributed by atoms with E-state index in [0.717, 1.165) is 28.4 Å². The SMILES string of the molecule is I.c1ccc(N(c2ccc(-n3c4ccccc4c4cc(-c5ccc6c(c5)c5ccccc5n6-c5ccccc5)ccc43)cc2)c2ccc3c(c2)c2ccccc2n3-c2ccccc2)cc1. The van der Waals surface area contributed by atoms with Crippen molar-refractivity contribution in [2.75, 3.05) is 4.90 Å². The summed E-state index contributed by atoms with van der Waals surface area (Å²) >= 11 is 0. The zero-order valence-electron chi connectivity index (χ0n) is 35.3. The van der Waals surface area contributed by atoms with Gasteiger partial charge in [0, 0.05) is 66.4 Å². The van der Waals surface area contributed by atoms with Gasteiger partial charge in [-0.3, -0.25) is 0 Å². The molecule has 0 aliphatic rings. The second kappa shape index (κ2) is 15.7. The number of nitrogens with zero attached hydrogens (tertiary/aromatic N) is 4. The molecule has 308 valence electrons. The largest absolute Gasteiger partial charge is 0.310 e. The predicted molar refractivity (Wildman–Crippen MR) is 285 cm³/mol. The summed E-state index contributed by atoms with van der Waals surface area (Å²) in [5.41, 5.74) is 16.3. The van der Waals surface area contributed by atoms with E-state index in [9.17, 15) is 0 Å². The lowest BCUT2D eigenvalue weighted by Gasteiger charge is -2.26. The molecule has 0 aliphatic carbocycles. The smallest absolute Gasteiger partial charge is 0.0542 e. The number of hydrogen-bond acceptors (Lipinski definition) is 1. The maximum absolute atomic E-state index is 2.41. The van der Waals surface area contributed by atoms with Gasteiger partial charge in [0.1, 0.15) is 0 Å². The highest BCUT2D eigenvalue weighted by Gasteiger charge is 2.19. The molecule has 0 saturated heterocycles. The summed E-state index contributed by atoms with van der Waals surface area (Å²) in [6, 6.07) is 88.1. The van der Waals surface area contributed by atoms with Crippen LogP contribution in [0.15, 0.2) is 243 Å². The van der Waals surface area contributed by atoms with Crippen LogP contribution < -0.4 is 4.90 Å². The van der Waals surface area contributed by atoms with Gasteiger partial charge in [-0.2, -0.15) is 0 Å². The van der Waals surface area contributed by atoms with Crippen molar-refractivity contribution in [1.29, 1.82) is 0 Å². The topological polar surface area (TPSA) is 18.0 Å². The average molecular weight is 945 g/mol. The number of fused-ring (bicyclic) bond motifs is 9. The summed E-state index contributed by atoms with van der Waals surface area (Å²) < 4.78 is 7.15.